The molecule has 0 radical (unpaired) electrons. The minimum absolute atomic E-state index is 0.119. The molecule has 0 aromatic heterocycles. The smallest absolute Gasteiger partial charge is 0.241 e. The summed E-state index contributed by atoms with van der Waals surface area (Å²) in [6, 6.07) is 7.65. The highest BCUT2D eigenvalue weighted by atomic mass is 35.5. The van der Waals surface area contributed by atoms with Crippen LogP contribution in [-0.4, -0.2) is 48.9 Å². The van der Waals surface area contributed by atoms with Crippen molar-refractivity contribution in [2.24, 2.45) is 0 Å². The highest BCUT2D eigenvalue weighted by Gasteiger charge is 2.42. The Labute approximate surface area is 146 Å². The zero-order chi connectivity index (χ0) is 16.6. The van der Waals surface area contributed by atoms with E-state index in [0.717, 1.165) is 29.8 Å². The molecule has 1 spiro atoms. The molecule has 0 aliphatic carbocycles. The number of hydrogen-bond donors (Lipinski definition) is 2. The number of benzene rings is 1. The summed E-state index contributed by atoms with van der Waals surface area (Å²) in [6.07, 6.45) is 2.23. The molecule has 6 nitrogen and oxygen atoms in total. The summed E-state index contributed by atoms with van der Waals surface area (Å²) in [5.74, 6) is -0.295. The topological polar surface area (TPSA) is 62.8 Å². The Balaban J connectivity index is 1.33. The van der Waals surface area contributed by atoms with Crippen molar-refractivity contribution in [2.75, 3.05) is 26.3 Å². The number of ether oxygens (including phenoxy) is 2. The van der Waals surface area contributed by atoms with Gasteiger partial charge in [-0.25, -0.2) is 10.9 Å². The molecule has 4 rings (SSSR count). The molecule has 7 heteroatoms. The molecule has 1 amide bonds. The van der Waals surface area contributed by atoms with Gasteiger partial charge in [0.2, 0.25) is 5.91 Å². The first-order valence-corrected chi connectivity index (χ1v) is 8.86. The standard InChI is InChI=1S/C17H22ClN3O3/c18-13-3-1-12(2-4-13)14-11-15(20-19-14)16(22)21-7-5-17(6-8-21)23-9-10-24-17/h1-4,14-15,19-20H,5-11H2. The molecule has 0 bridgehead atoms. The van der Waals surface area contributed by atoms with Crippen LogP contribution >= 0.6 is 11.6 Å². The van der Waals surface area contributed by atoms with Crippen LogP contribution in [0.2, 0.25) is 5.02 Å². The number of rotatable bonds is 2. The number of carbonyl (C=O) groups is 1. The second-order valence-electron chi connectivity index (χ2n) is 6.61. The number of piperidine rings is 1. The van der Waals surface area contributed by atoms with Crippen molar-refractivity contribution in [1.29, 1.82) is 0 Å². The van der Waals surface area contributed by atoms with Crippen LogP contribution in [-0.2, 0) is 14.3 Å². The van der Waals surface area contributed by atoms with E-state index in [1.54, 1.807) is 0 Å². The van der Waals surface area contributed by atoms with E-state index >= 15 is 0 Å². The fraction of sp³-hybridized carbons (Fsp3) is 0.588. The molecular formula is C17H22ClN3O3. The Kier molecular flexibility index (Phi) is 4.49. The maximum Gasteiger partial charge on any atom is 0.241 e. The van der Waals surface area contributed by atoms with Crippen molar-refractivity contribution in [3.05, 3.63) is 34.9 Å². The number of likely N-dealkylation sites (tertiary alicyclic amines) is 1. The third-order valence-electron chi connectivity index (χ3n) is 5.12. The van der Waals surface area contributed by atoms with Gasteiger partial charge in [0.1, 0.15) is 6.04 Å². The van der Waals surface area contributed by atoms with Crippen LogP contribution < -0.4 is 10.9 Å². The summed E-state index contributed by atoms with van der Waals surface area (Å²) in [7, 11) is 0. The highest BCUT2D eigenvalue weighted by molar-refractivity contribution is 6.30. The predicted molar refractivity (Wildman–Crippen MR) is 89.3 cm³/mol. The lowest BCUT2D eigenvalue weighted by atomic mass is 9.99. The number of hydrazine groups is 1. The largest absolute Gasteiger partial charge is 0.347 e. The number of hydrogen-bond acceptors (Lipinski definition) is 5. The van der Waals surface area contributed by atoms with E-state index in [-0.39, 0.29) is 18.0 Å². The van der Waals surface area contributed by atoms with Crippen molar-refractivity contribution in [3.63, 3.8) is 0 Å². The lowest BCUT2D eigenvalue weighted by Gasteiger charge is -2.38. The van der Waals surface area contributed by atoms with Crippen molar-refractivity contribution in [2.45, 2.75) is 37.1 Å². The molecule has 3 aliphatic heterocycles. The molecule has 3 saturated heterocycles. The number of carbonyl (C=O) groups excluding carboxylic acids is 1. The van der Waals surface area contributed by atoms with Crippen molar-refractivity contribution in [3.8, 4) is 0 Å². The predicted octanol–water partition coefficient (Wildman–Crippen LogP) is 1.61. The van der Waals surface area contributed by atoms with Gasteiger partial charge in [0, 0.05) is 37.0 Å². The van der Waals surface area contributed by atoms with Crippen LogP contribution in [0.4, 0.5) is 0 Å². The lowest BCUT2D eigenvalue weighted by Crippen LogP contribution is -2.52. The van der Waals surface area contributed by atoms with Crippen LogP contribution in [0.3, 0.4) is 0 Å². The molecule has 3 fully saturated rings. The lowest BCUT2D eigenvalue weighted by molar-refractivity contribution is -0.187. The maximum atomic E-state index is 12.8. The van der Waals surface area contributed by atoms with E-state index in [0.29, 0.717) is 26.3 Å². The van der Waals surface area contributed by atoms with Gasteiger partial charge < -0.3 is 14.4 Å². The van der Waals surface area contributed by atoms with Gasteiger partial charge >= 0.3 is 0 Å². The summed E-state index contributed by atoms with van der Waals surface area (Å²) >= 11 is 5.93. The summed E-state index contributed by atoms with van der Waals surface area (Å²) < 4.78 is 11.4. The van der Waals surface area contributed by atoms with Crippen molar-refractivity contribution >= 4 is 17.5 Å². The summed E-state index contributed by atoms with van der Waals surface area (Å²) in [5, 5.41) is 0.718. The summed E-state index contributed by atoms with van der Waals surface area (Å²) in [5.41, 5.74) is 7.49. The number of amides is 1. The van der Waals surface area contributed by atoms with Gasteiger partial charge in [-0.1, -0.05) is 23.7 Å². The van der Waals surface area contributed by atoms with E-state index in [2.05, 4.69) is 10.9 Å². The van der Waals surface area contributed by atoms with Crippen LogP contribution in [0, 0.1) is 0 Å². The van der Waals surface area contributed by atoms with E-state index in [4.69, 9.17) is 21.1 Å². The average molecular weight is 352 g/mol. The number of nitrogens with zero attached hydrogens (tertiary/aromatic N) is 1. The Morgan fingerprint density at radius 2 is 1.79 bits per heavy atom. The zero-order valence-electron chi connectivity index (χ0n) is 13.5. The third kappa shape index (κ3) is 3.17. The molecule has 0 saturated carbocycles. The molecule has 3 heterocycles. The number of halogens is 1. The highest BCUT2D eigenvalue weighted by Crippen LogP contribution is 2.32. The van der Waals surface area contributed by atoms with Gasteiger partial charge in [-0.15, -0.1) is 0 Å². The molecule has 1 aromatic carbocycles. The third-order valence-corrected chi connectivity index (χ3v) is 5.38. The average Bonchev–Trinajstić information content (AvgIpc) is 3.26. The second-order valence-corrected chi connectivity index (χ2v) is 7.05. The molecule has 1 aromatic rings. The molecule has 2 N–H and O–H groups in total. The van der Waals surface area contributed by atoms with Crippen molar-refractivity contribution in [1.82, 2.24) is 15.8 Å². The maximum absolute atomic E-state index is 12.8. The Morgan fingerprint density at radius 1 is 1.12 bits per heavy atom. The molecule has 2 unspecified atom stereocenters. The fourth-order valence-electron chi connectivity index (χ4n) is 3.71. The molecule has 2 atom stereocenters. The monoisotopic (exact) mass is 351 g/mol. The molecule has 130 valence electrons. The number of nitrogens with one attached hydrogen (secondary N) is 2. The molecule has 24 heavy (non-hydrogen) atoms. The fourth-order valence-corrected chi connectivity index (χ4v) is 3.83. The van der Waals surface area contributed by atoms with Gasteiger partial charge in [-0.05, 0) is 24.1 Å². The minimum atomic E-state index is -0.440. The van der Waals surface area contributed by atoms with E-state index < -0.39 is 5.79 Å². The van der Waals surface area contributed by atoms with Crippen LogP contribution in [0.5, 0.6) is 0 Å². The van der Waals surface area contributed by atoms with Gasteiger partial charge in [0.25, 0.3) is 0 Å². The van der Waals surface area contributed by atoms with E-state index in [9.17, 15) is 4.79 Å². The van der Waals surface area contributed by atoms with Gasteiger partial charge in [-0.3, -0.25) is 4.79 Å². The minimum Gasteiger partial charge on any atom is -0.347 e. The zero-order valence-corrected chi connectivity index (χ0v) is 14.2. The first kappa shape index (κ1) is 16.3. The molecule has 3 aliphatic rings. The van der Waals surface area contributed by atoms with Crippen molar-refractivity contribution < 1.29 is 14.3 Å². The van der Waals surface area contributed by atoms with Gasteiger partial charge in [0.05, 0.1) is 13.2 Å². The first-order chi connectivity index (χ1) is 11.7. The van der Waals surface area contributed by atoms with E-state index in [1.807, 2.05) is 29.2 Å². The van der Waals surface area contributed by atoms with Gasteiger partial charge in [0.15, 0.2) is 5.79 Å². The quantitative estimate of drug-likeness (QED) is 0.847. The van der Waals surface area contributed by atoms with Crippen LogP contribution in [0.15, 0.2) is 24.3 Å². The van der Waals surface area contributed by atoms with E-state index in [1.165, 1.54) is 0 Å². The normalized spacial score (nSPS) is 29.3. The SMILES string of the molecule is O=C(C1CC(c2ccc(Cl)cc2)NN1)N1CCC2(CC1)OCCO2. The Bertz CT molecular complexity index is 594. The first-order valence-electron chi connectivity index (χ1n) is 8.48. The van der Waals surface area contributed by atoms with Crippen LogP contribution in [0.1, 0.15) is 30.9 Å². The molecular weight excluding hydrogens is 330 g/mol. The second kappa shape index (κ2) is 6.61. The van der Waals surface area contributed by atoms with Crippen LogP contribution in [0.25, 0.3) is 0 Å². The summed E-state index contributed by atoms with van der Waals surface area (Å²) in [4.78, 5) is 14.7. The Morgan fingerprint density at radius 3 is 2.46 bits per heavy atom. The Hall–Kier alpha value is -1.18. The van der Waals surface area contributed by atoms with Gasteiger partial charge in [-0.2, -0.15) is 0 Å². The summed E-state index contributed by atoms with van der Waals surface area (Å²) in [6.45, 7) is 2.68.